The monoisotopic (exact) mass is 378 g/mol. The summed E-state index contributed by atoms with van der Waals surface area (Å²) in [6.07, 6.45) is 1.59. The van der Waals surface area contributed by atoms with Crippen LogP contribution in [-0.4, -0.2) is 23.3 Å². The van der Waals surface area contributed by atoms with E-state index in [-0.39, 0.29) is 5.56 Å². The molecule has 0 aliphatic rings. The third kappa shape index (κ3) is 3.71. The minimum atomic E-state index is -0.0366. The molecule has 136 valence electrons. The number of nitrogens with zero attached hydrogens (tertiary/aromatic N) is 2. The van der Waals surface area contributed by atoms with Crippen LogP contribution >= 0.6 is 11.3 Å². The number of methoxy groups -OCH3 is 1. The van der Waals surface area contributed by atoms with Crippen LogP contribution in [0.3, 0.4) is 0 Å². The van der Waals surface area contributed by atoms with Gasteiger partial charge in [0.2, 0.25) is 0 Å². The number of ether oxygens (including phenoxy) is 2. The van der Waals surface area contributed by atoms with Crippen molar-refractivity contribution >= 4 is 21.6 Å². The summed E-state index contributed by atoms with van der Waals surface area (Å²) in [4.78, 5) is 18.2. The van der Waals surface area contributed by atoms with Gasteiger partial charge in [-0.2, -0.15) is 0 Å². The predicted molar refractivity (Wildman–Crippen MR) is 108 cm³/mol. The number of hydrogen-bond acceptors (Lipinski definition) is 5. The number of rotatable bonds is 6. The highest BCUT2D eigenvalue weighted by atomic mass is 32.1. The van der Waals surface area contributed by atoms with E-state index in [2.05, 4.69) is 4.98 Å². The van der Waals surface area contributed by atoms with Gasteiger partial charge in [0.1, 0.15) is 22.8 Å². The average molecular weight is 378 g/mol. The first-order chi connectivity index (χ1) is 13.2. The van der Waals surface area contributed by atoms with Gasteiger partial charge in [0.25, 0.3) is 5.56 Å². The van der Waals surface area contributed by atoms with E-state index in [0.29, 0.717) is 17.9 Å². The minimum absolute atomic E-state index is 0.0366. The summed E-state index contributed by atoms with van der Waals surface area (Å²) in [5, 5.41) is 0. The minimum Gasteiger partial charge on any atom is -0.497 e. The molecule has 2 heterocycles. The maximum absolute atomic E-state index is 12.8. The molecule has 4 aromatic rings. The van der Waals surface area contributed by atoms with Gasteiger partial charge in [0.15, 0.2) is 0 Å². The summed E-state index contributed by atoms with van der Waals surface area (Å²) in [5.41, 5.74) is 1.79. The molecule has 0 aliphatic carbocycles. The molecule has 0 amide bonds. The Morgan fingerprint density at radius 2 is 1.78 bits per heavy atom. The quantitative estimate of drug-likeness (QED) is 0.504. The van der Waals surface area contributed by atoms with Gasteiger partial charge in [-0.1, -0.05) is 30.3 Å². The molecule has 0 spiro atoms. The number of aromatic nitrogens is 2. The van der Waals surface area contributed by atoms with Crippen LogP contribution in [0.15, 0.2) is 71.8 Å². The Kier molecular flexibility index (Phi) is 4.89. The van der Waals surface area contributed by atoms with E-state index in [9.17, 15) is 4.79 Å². The van der Waals surface area contributed by atoms with E-state index in [4.69, 9.17) is 9.47 Å². The predicted octanol–water partition coefficient (Wildman–Crippen LogP) is 4.21. The maximum atomic E-state index is 12.8. The largest absolute Gasteiger partial charge is 0.497 e. The van der Waals surface area contributed by atoms with Crippen molar-refractivity contribution in [1.29, 1.82) is 0 Å². The molecule has 0 radical (unpaired) electrons. The number of hydrogen-bond donors (Lipinski definition) is 0. The van der Waals surface area contributed by atoms with Crippen LogP contribution in [0, 0.1) is 0 Å². The van der Waals surface area contributed by atoms with Gasteiger partial charge in [0, 0.05) is 4.88 Å². The van der Waals surface area contributed by atoms with Crippen molar-refractivity contribution in [2.45, 2.75) is 6.54 Å². The Labute approximate surface area is 160 Å². The lowest BCUT2D eigenvalue weighted by Crippen LogP contribution is -2.22. The van der Waals surface area contributed by atoms with Crippen molar-refractivity contribution in [2.75, 3.05) is 13.7 Å². The Hall–Kier alpha value is -3.12. The van der Waals surface area contributed by atoms with Gasteiger partial charge in [-0.25, -0.2) is 4.98 Å². The topological polar surface area (TPSA) is 53.4 Å². The van der Waals surface area contributed by atoms with E-state index in [0.717, 1.165) is 27.5 Å². The standard InChI is InChI=1S/C21H18N2O3S/c1-25-16-7-9-17(10-8-16)26-12-11-23-14-22-18-13-19(27-20(18)21(23)24)15-5-3-2-4-6-15/h2-10,13-14H,11-12H2,1H3. The summed E-state index contributed by atoms with van der Waals surface area (Å²) in [5.74, 6) is 1.51. The van der Waals surface area contributed by atoms with Crippen molar-refractivity contribution < 1.29 is 9.47 Å². The molecule has 6 heteroatoms. The molecule has 0 bridgehead atoms. The van der Waals surface area contributed by atoms with Crippen LogP contribution in [0.1, 0.15) is 0 Å². The molecule has 4 rings (SSSR count). The Balaban J connectivity index is 1.50. The van der Waals surface area contributed by atoms with Gasteiger partial charge >= 0.3 is 0 Å². The third-order valence-corrected chi connectivity index (χ3v) is 5.38. The molecule has 0 N–H and O–H groups in total. The first-order valence-electron chi connectivity index (χ1n) is 8.56. The fourth-order valence-corrected chi connectivity index (χ4v) is 3.85. The molecule has 0 unspecified atom stereocenters. The molecule has 5 nitrogen and oxygen atoms in total. The normalized spacial score (nSPS) is 10.9. The molecule has 0 fully saturated rings. The lowest BCUT2D eigenvalue weighted by molar-refractivity contribution is 0.295. The fourth-order valence-electron chi connectivity index (χ4n) is 2.78. The van der Waals surface area contributed by atoms with Crippen LogP contribution < -0.4 is 15.0 Å². The molecular formula is C21H18N2O3S. The van der Waals surface area contributed by atoms with Gasteiger partial charge in [-0.15, -0.1) is 11.3 Å². The van der Waals surface area contributed by atoms with E-state index in [1.54, 1.807) is 18.0 Å². The number of fused-ring (bicyclic) bond motifs is 1. The maximum Gasteiger partial charge on any atom is 0.271 e. The first kappa shape index (κ1) is 17.3. The zero-order valence-electron chi connectivity index (χ0n) is 14.8. The van der Waals surface area contributed by atoms with Crippen LogP contribution in [0.25, 0.3) is 20.7 Å². The Bertz CT molecular complexity index is 1100. The SMILES string of the molecule is COc1ccc(OCCn2cnc3cc(-c4ccccc4)sc3c2=O)cc1. The van der Waals surface area contributed by atoms with Crippen LogP contribution in [-0.2, 0) is 6.54 Å². The molecule has 27 heavy (non-hydrogen) atoms. The molecule has 0 aliphatic heterocycles. The van der Waals surface area contributed by atoms with Gasteiger partial charge in [-0.3, -0.25) is 9.36 Å². The zero-order chi connectivity index (χ0) is 18.6. The van der Waals surface area contributed by atoms with Gasteiger partial charge in [0.05, 0.1) is 25.5 Å². The summed E-state index contributed by atoms with van der Waals surface area (Å²) in [6.45, 7) is 0.822. The van der Waals surface area contributed by atoms with Crippen LogP contribution in [0.5, 0.6) is 11.5 Å². The molecule has 0 atom stereocenters. The molecule has 2 aromatic heterocycles. The van der Waals surface area contributed by atoms with Gasteiger partial charge in [-0.05, 0) is 35.9 Å². The molecule has 2 aromatic carbocycles. The van der Waals surface area contributed by atoms with Crippen molar-refractivity contribution in [3.8, 4) is 21.9 Å². The lowest BCUT2D eigenvalue weighted by atomic mass is 10.2. The highest BCUT2D eigenvalue weighted by Crippen LogP contribution is 2.30. The second kappa shape index (κ2) is 7.63. The summed E-state index contributed by atoms with van der Waals surface area (Å²) in [7, 11) is 1.62. The molecule has 0 saturated heterocycles. The molecular weight excluding hydrogens is 360 g/mol. The van der Waals surface area contributed by atoms with Crippen molar-refractivity contribution in [2.24, 2.45) is 0 Å². The number of benzene rings is 2. The van der Waals surface area contributed by atoms with E-state index < -0.39 is 0 Å². The average Bonchev–Trinajstić information content (AvgIpc) is 3.16. The second-order valence-corrected chi connectivity index (χ2v) is 7.01. The highest BCUT2D eigenvalue weighted by molar-refractivity contribution is 7.22. The van der Waals surface area contributed by atoms with Crippen molar-refractivity contribution in [3.05, 3.63) is 77.3 Å². The van der Waals surface area contributed by atoms with E-state index in [1.165, 1.54) is 11.3 Å². The van der Waals surface area contributed by atoms with Gasteiger partial charge < -0.3 is 9.47 Å². The third-order valence-electron chi connectivity index (χ3n) is 4.22. The Morgan fingerprint density at radius 1 is 1.04 bits per heavy atom. The smallest absolute Gasteiger partial charge is 0.271 e. The van der Waals surface area contributed by atoms with Crippen molar-refractivity contribution in [3.63, 3.8) is 0 Å². The summed E-state index contributed by atoms with van der Waals surface area (Å²) >= 11 is 1.47. The fraction of sp³-hybridized carbons (Fsp3) is 0.143. The van der Waals surface area contributed by atoms with E-state index >= 15 is 0 Å². The van der Waals surface area contributed by atoms with E-state index in [1.807, 2.05) is 60.7 Å². The summed E-state index contributed by atoms with van der Waals surface area (Å²) in [6, 6.07) is 19.3. The second-order valence-electron chi connectivity index (χ2n) is 5.96. The van der Waals surface area contributed by atoms with Crippen molar-refractivity contribution in [1.82, 2.24) is 9.55 Å². The highest BCUT2D eigenvalue weighted by Gasteiger charge is 2.10. The first-order valence-corrected chi connectivity index (χ1v) is 9.37. The van der Waals surface area contributed by atoms with Crippen LogP contribution in [0.4, 0.5) is 0 Å². The molecule has 0 saturated carbocycles. The number of thiophene rings is 1. The Morgan fingerprint density at radius 3 is 2.52 bits per heavy atom. The summed E-state index contributed by atoms with van der Waals surface area (Å²) < 4.78 is 13.1. The zero-order valence-corrected chi connectivity index (χ0v) is 15.6. The lowest BCUT2D eigenvalue weighted by Gasteiger charge is -2.08. The van der Waals surface area contributed by atoms with Crippen LogP contribution in [0.2, 0.25) is 0 Å².